The largest absolute Gasteiger partial charge is 0.411 e. The summed E-state index contributed by atoms with van der Waals surface area (Å²) in [5.41, 5.74) is 1.22. The van der Waals surface area contributed by atoms with Gasteiger partial charge in [-0.1, -0.05) is 51.1 Å². The molecule has 0 aliphatic heterocycles. The van der Waals surface area contributed by atoms with Crippen molar-refractivity contribution in [2.75, 3.05) is 6.61 Å². The third-order valence-corrected chi connectivity index (χ3v) is 9.71. The van der Waals surface area contributed by atoms with Crippen LogP contribution in [-0.4, -0.2) is 49.6 Å². The summed E-state index contributed by atoms with van der Waals surface area (Å²) in [6.45, 7) is 14.5. The van der Waals surface area contributed by atoms with Gasteiger partial charge in [0.05, 0.1) is 18.8 Å². The third-order valence-electron chi connectivity index (χ3n) is 5.20. The predicted octanol–water partition coefficient (Wildman–Crippen LogP) is 4.16. The molecule has 1 aromatic rings. The minimum absolute atomic E-state index is 0.0470. The lowest BCUT2D eigenvalue weighted by Gasteiger charge is -2.41. The Labute approximate surface area is 160 Å². The molecule has 0 fully saturated rings. The molecular formula is C21H38O4Si. The highest BCUT2D eigenvalue weighted by atomic mass is 28.4. The van der Waals surface area contributed by atoms with Crippen LogP contribution in [0.25, 0.3) is 0 Å². The Morgan fingerprint density at radius 1 is 1.04 bits per heavy atom. The molecule has 0 amide bonds. The van der Waals surface area contributed by atoms with E-state index in [1.807, 2.05) is 32.0 Å². The van der Waals surface area contributed by atoms with E-state index >= 15 is 0 Å². The molecule has 2 N–H and O–H groups in total. The molecule has 0 aromatic heterocycles. The first-order chi connectivity index (χ1) is 12.0. The second-order valence-electron chi connectivity index (χ2n) is 8.84. The van der Waals surface area contributed by atoms with Gasteiger partial charge in [0.15, 0.2) is 8.32 Å². The van der Waals surface area contributed by atoms with Crippen LogP contribution >= 0.6 is 0 Å². The normalized spacial score (nSPS) is 16.5. The average Bonchev–Trinajstić information content (AvgIpc) is 2.55. The zero-order valence-corrected chi connectivity index (χ0v) is 18.5. The molecule has 0 saturated heterocycles. The van der Waals surface area contributed by atoms with E-state index in [-0.39, 0.29) is 23.9 Å². The summed E-state index contributed by atoms with van der Waals surface area (Å²) in [6, 6.07) is 10.2. The maximum atomic E-state index is 10.9. The number of rotatable bonds is 10. The van der Waals surface area contributed by atoms with Gasteiger partial charge < -0.3 is 19.4 Å². The number of aryl methyl sites for hydroxylation is 1. The van der Waals surface area contributed by atoms with Crippen molar-refractivity contribution < 1.29 is 19.4 Å². The summed E-state index contributed by atoms with van der Waals surface area (Å²) < 4.78 is 12.3. The highest BCUT2D eigenvalue weighted by Gasteiger charge is 2.41. The number of hydrogen-bond donors (Lipinski definition) is 2. The summed E-state index contributed by atoms with van der Waals surface area (Å²) >= 11 is 0. The summed E-state index contributed by atoms with van der Waals surface area (Å²) in [5, 5.41) is 20.7. The maximum Gasteiger partial charge on any atom is 0.192 e. The van der Waals surface area contributed by atoms with E-state index in [4.69, 9.17) is 9.16 Å². The predicted molar refractivity (Wildman–Crippen MR) is 110 cm³/mol. The topological polar surface area (TPSA) is 58.9 Å². The van der Waals surface area contributed by atoms with E-state index in [1.165, 1.54) is 5.56 Å². The summed E-state index contributed by atoms with van der Waals surface area (Å²) in [7, 11) is -2.06. The molecular weight excluding hydrogens is 344 g/mol. The van der Waals surface area contributed by atoms with Gasteiger partial charge in [-0.3, -0.25) is 0 Å². The molecule has 0 radical (unpaired) electrons. The Morgan fingerprint density at radius 2 is 1.62 bits per heavy atom. The van der Waals surface area contributed by atoms with Crippen molar-refractivity contribution in [3.05, 3.63) is 35.9 Å². The van der Waals surface area contributed by atoms with Crippen LogP contribution < -0.4 is 0 Å². The van der Waals surface area contributed by atoms with Crippen LogP contribution in [-0.2, 0) is 15.6 Å². The fraction of sp³-hybridized carbons (Fsp3) is 0.714. The SMILES string of the molecule is CC(C)O[C@@H](CO)[C@@H](O)[C@@H](CCc1ccccc1)O[Si](C)(C)C(C)(C)C. The molecule has 5 heteroatoms. The van der Waals surface area contributed by atoms with E-state index in [0.29, 0.717) is 6.42 Å². The van der Waals surface area contributed by atoms with Gasteiger partial charge in [0.1, 0.15) is 12.2 Å². The van der Waals surface area contributed by atoms with E-state index in [1.54, 1.807) is 0 Å². The monoisotopic (exact) mass is 382 g/mol. The van der Waals surface area contributed by atoms with Crippen LogP contribution in [0, 0.1) is 0 Å². The van der Waals surface area contributed by atoms with Crippen LogP contribution in [0.1, 0.15) is 46.6 Å². The van der Waals surface area contributed by atoms with Crippen molar-refractivity contribution in [1.82, 2.24) is 0 Å². The molecule has 26 heavy (non-hydrogen) atoms. The van der Waals surface area contributed by atoms with Gasteiger partial charge in [-0.05, 0) is 50.4 Å². The summed E-state index contributed by atoms with van der Waals surface area (Å²) in [6.07, 6.45) is -0.427. The van der Waals surface area contributed by atoms with Crippen LogP contribution in [0.2, 0.25) is 18.1 Å². The lowest BCUT2D eigenvalue weighted by molar-refractivity contribution is -0.121. The highest BCUT2D eigenvalue weighted by Crippen LogP contribution is 2.38. The number of ether oxygens (including phenoxy) is 1. The maximum absolute atomic E-state index is 10.9. The van der Waals surface area contributed by atoms with E-state index in [2.05, 4.69) is 46.0 Å². The van der Waals surface area contributed by atoms with Crippen molar-refractivity contribution in [3.63, 3.8) is 0 Å². The molecule has 0 bridgehead atoms. The minimum Gasteiger partial charge on any atom is -0.411 e. The third kappa shape index (κ3) is 7.12. The van der Waals surface area contributed by atoms with Crippen molar-refractivity contribution >= 4 is 8.32 Å². The number of benzene rings is 1. The van der Waals surface area contributed by atoms with E-state index in [9.17, 15) is 10.2 Å². The van der Waals surface area contributed by atoms with Gasteiger partial charge in [-0.25, -0.2) is 0 Å². The van der Waals surface area contributed by atoms with Crippen molar-refractivity contribution in [2.45, 2.75) is 90.0 Å². The van der Waals surface area contributed by atoms with Crippen molar-refractivity contribution in [3.8, 4) is 0 Å². The molecule has 0 aliphatic rings. The second kappa shape index (κ2) is 9.99. The second-order valence-corrected chi connectivity index (χ2v) is 13.6. The first-order valence-corrected chi connectivity index (χ1v) is 12.5. The quantitative estimate of drug-likeness (QED) is 0.597. The number of aliphatic hydroxyl groups excluding tert-OH is 2. The van der Waals surface area contributed by atoms with Crippen molar-refractivity contribution in [2.24, 2.45) is 0 Å². The molecule has 0 spiro atoms. The van der Waals surface area contributed by atoms with Gasteiger partial charge >= 0.3 is 0 Å². The smallest absolute Gasteiger partial charge is 0.192 e. The van der Waals surface area contributed by atoms with Crippen LogP contribution in [0.5, 0.6) is 0 Å². The van der Waals surface area contributed by atoms with Gasteiger partial charge in [0.2, 0.25) is 0 Å². The van der Waals surface area contributed by atoms with Gasteiger partial charge in [-0.2, -0.15) is 0 Å². The molecule has 4 nitrogen and oxygen atoms in total. The Hall–Kier alpha value is -0.723. The molecule has 1 rings (SSSR count). The molecule has 0 heterocycles. The fourth-order valence-corrected chi connectivity index (χ4v) is 4.00. The highest BCUT2D eigenvalue weighted by molar-refractivity contribution is 6.74. The molecule has 150 valence electrons. The lowest BCUT2D eigenvalue weighted by atomic mass is 10.0. The first-order valence-electron chi connectivity index (χ1n) is 9.64. The molecule has 3 atom stereocenters. The number of hydrogen-bond acceptors (Lipinski definition) is 4. The minimum atomic E-state index is -2.06. The first kappa shape index (κ1) is 23.3. The van der Waals surface area contributed by atoms with Gasteiger partial charge in [-0.15, -0.1) is 0 Å². The Kier molecular flexibility index (Phi) is 8.96. The standard InChI is InChI=1S/C21H38O4Si/c1-16(2)24-19(15-22)20(23)18(25-26(6,7)21(3,4)5)14-13-17-11-9-8-10-12-17/h8-12,16,18-20,22-23H,13-15H2,1-7H3/t18-,19+,20+/m1/s1. The Balaban J connectivity index is 2.95. The van der Waals surface area contributed by atoms with E-state index in [0.717, 1.165) is 6.42 Å². The fourth-order valence-electron chi connectivity index (χ4n) is 2.63. The van der Waals surface area contributed by atoms with Gasteiger partial charge in [0.25, 0.3) is 0 Å². The summed E-state index contributed by atoms with van der Waals surface area (Å²) in [5.74, 6) is 0. The zero-order chi connectivity index (χ0) is 20.0. The molecule has 0 aliphatic carbocycles. The molecule has 0 unspecified atom stereocenters. The van der Waals surface area contributed by atoms with E-state index < -0.39 is 20.5 Å². The van der Waals surface area contributed by atoms with Crippen molar-refractivity contribution in [1.29, 1.82) is 0 Å². The lowest BCUT2D eigenvalue weighted by Crippen LogP contribution is -2.51. The average molecular weight is 383 g/mol. The van der Waals surface area contributed by atoms with Crippen LogP contribution in [0.15, 0.2) is 30.3 Å². The van der Waals surface area contributed by atoms with Crippen LogP contribution in [0.4, 0.5) is 0 Å². The molecule has 0 saturated carbocycles. The zero-order valence-electron chi connectivity index (χ0n) is 17.5. The van der Waals surface area contributed by atoms with Crippen LogP contribution in [0.3, 0.4) is 0 Å². The van der Waals surface area contributed by atoms with Gasteiger partial charge in [0, 0.05) is 0 Å². The summed E-state index contributed by atoms with van der Waals surface area (Å²) in [4.78, 5) is 0. The Bertz CT molecular complexity index is 510. The Morgan fingerprint density at radius 3 is 2.08 bits per heavy atom. The molecule has 1 aromatic carbocycles. The number of aliphatic hydroxyl groups is 2.